The van der Waals surface area contributed by atoms with Gasteiger partial charge < -0.3 is 15.4 Å². The lowest BCUT2D eigenvalue weighted by atomic mass is 10.1. The Hall–Kier alpha value is -4.53. The van der Waals surface area contributed by atoms with Gasteiger partial charge in [-0.3, -0.25) is 19.9 Å². The molecule has 0 spiro atoms. The highest BCUT2D eigenvalue weighted by atomic mass is 16.4. The molecular formula is C26H26N6O3. The van der Waals surface area contributed by atoms with Gasteiger partial charge in [-0.2, -0.15) is 0 Å². The molecule has 0 aliphatic carbocycles. The van der Waals surface area contributed by atoms with Gasteiger partial charge in [0.1, 0.15) is 17.5 Å². The largest absolute Gasteiger partial charge is 0.481 e. The summed E-state index contributed by atoms with van der Waals surface area (Å²) in [6.07, 6.45) is 2.85. The lowest BCUT2D eigenvalue weighted by Crippen LogP contribution is -2.33. The fourth-order valence-electron chi connectivity index (χ4n) is 3.91. The molecule has 0 saturated heterocycles. The Morgan fingerprint density at radius 3 is 2.46 bits per heavy atom. The minimum Gasteiger partial charge on any atom is -0.481 e. The number of imidazole rings is 1. The van der Waals surface area contributed by atoms with Crippen LogP contribution in [-0.2, 0) is 24.7 Å². The third-order valence-electron chi connectivity index (χ3n) is 5.84. The van der Waals surface area contributed by atoms with Crippen LogP contribution in [0, 0.1) is 5.41 Å². The van der Waals surface area contributed by atoms with Gasteiger partial charge in [-0.05, 0) is 42.3 Å². The maximum atomic E-state index is 13.3. The Kier molecular flexibility index (Phi) is 6.86. The van der Waals surface area contributed by atoms with Crippen LogP contribution in [0.5, 0.6) is 0 Å². The number of carboxylic acids is 1. The number of benzene rings is 2. The van der Waals surface area contributed by atoms with Gasteiger partial charge in [0, 0.05) is 37.3 Å². The molecule has 35 heavy (non-hydrogen) atoms. The molecule has 178 valence electrons. The fraction of sp³-hybridized carbons (Fsp3) is 0.192. The van der Waals surface area contributed by atoms with E-state index in [4.69, 9.17) is 21.2 Å². The van der Waals surface area contributed by atoms with Crippen molar-refractivity contribution in [1.29, 1.82) is 5.41 Å². The summed E-state index contributed by atoms with van der Waals surface area (Å²) in [6, 6.07) is 18.1. The van der Waals surface area contributed by atoms with Crippen LogP contribution in [0.4, 0.5) is 5.82 Å². The number of aryl methyl sites for hydroxylation is 3. The summed E-state index contributed by atoms with van der Waals surface area (Å²) >= 11 is 0. The average molecular weight is 471 g/mol. The number of amidine groups is 1. The van der Waals surface area contributed by atoms with Crippen molar-refractivity contribution in [1.82, 2.24) is 14.5 Å². The van der Waals surface area contributed by atoms with Gasteiger partial charge in [0.05, 0.1) is 17.5 Å². The summed E-state index contributed by atoms with van der Waals surface area (Å²) in [5.41, 5.74) is 9.34. The number of anilines is 1. The molecule has 2 aromatic heterocycles. The van der Waals surface area contributed by atoms with E-state index in [0.29, 0.717) is 28.9 Å². The number of nitrogens with zero attached hydrogens (tertiary/aromatic N) is 4. The van der Waals surface area contributed by atoms with Crippen LogP contribution in [0.25, 0.3) is 11.0 Å². The van der Waals surface area contributed by atoms with Gasteiger partial charge in [-0.15, -0.1) is 0 Å². The molecule has 4 aromatic rings. The number of hydrogen-bond donors (Lipinski definition) is 3. The number of nitrogen functional groups attached to an aromatic ring is 1. The topological polar surface area (TPSA) is 138 Å². The number of hydrogen-bond acceptors (Lipinski definition) is 5. The lowest BCUT2D eigenvalue weighted by molar-refractivity contribution is -0.136. The predicted molar refractivity (Wildman–Crippen MR) is 134 cm³/mol. The van der Waals surface area contributed by atoms with Crippen molar-refractivity contribution in [3.63, 3.8) is 0 Å². The second kappa shape index (κ2) is 10.2. The highest BCUT2D eigenvalue weighted by molar-refractivity contribution is 6.07. The first-order valence-electron chi connectivity index (χ1n) is 11.2. The smallest absolute Gasteiger partial charge is 0.305 e. The summed E-state index contributed by atoms with van der Waals surface area (Å²) in [4.78, 5) is 34.8. The number of amides is 1. The molecular weight excluding hydrogens is 444 g/mol. The zero-order valence-electron chi connectivity index (χ0n) is 19.3. The molecule has 0 saturated carbocycles. The molecule has 2 heterocycles. The molecule has 9 nitrogen and oxygen atoms in total. The monoisotopic (exact) mass is 470 g/mol. The number of nitrogens with two attached hydrogens (primary N) is 1. The minimum atomic E-state index is -0.987. The molecule has 0 unspecified atom stereocenters. The second-order valence-electron chi connectivity index (χ2n) is 8.19. The number of rotatable bonds is 9. The first kappa shape index (κ1) is 23.6. The number of aromatic nitrogens is 3. The first-order chi connectivity index (χ1) is 16.8. The maximum Gasteiger partial charge on any atom is 0.305 e. The van der Waals surface area contributed by atoms with E-state index in [9.17, 15) is 9.59 Å². The van der Waals surface area contributed by atoms with E-state index in [1.807, 2.05) is 41.9 Å². The van der Waals surface area contributed by atoms with Crippen LogP contribution >= 0.6 is 0 Å². The number of nitrogens with one attached hydrogen (secondary N) is 1. The standard InChI is InChI=1S/C26H26N6O3/c1-31-21-11-10-19(26(35)32(15-13-24(33)34)22-4-2-3-14-29-22)16-20(21)30-23(31)12-7-17-5-8-18(9-6-17)25(27)28/h2-6,8-11,14,16H,7,12-13,15H2,1H3,(H3,27,28)(H,33,34). The molecule has 4 rings (SSSR count). The maximum absolute atomic E-state index is 13.3. The van der Waals surface area contributed by atoms with E-state index in [1.165, 1.54) is 4.90 Å². The average Bonchev–Trinajstić information content (AvgIpc) is 3.18. The van der Waals surface area contributed by atoms with Gasteiger partial charge in [0.25, 0.3) is 5.91 Å². The van der Waals surface area contributed by atoms with Crippen LogP contribution in [0.3, 0.4) is 0 Å². The Morgan fingerprint density at radius 1 is 1.06 bits per heavy atom. The molecule has 0 bridgehead atoms. The van der Waals surface area contributed by atoms with Gasteiger partial charge in [-0.1, -0.05) is 30.3 Å². The van der Waals surface area contributed by atoms with Crippen LogP contribution in [0.2, 0.25) is 0 Å². The number of aliphatic carboxylic acids is 1. The van der Waals surface area contributed by atoms with E-state index >= 15 is 0 Å². The molecule has 9 heteroatoms. The Balaban J connectivity index is 1.56. The Bertz CT molecular complexity index is 1380. The number of fused-ring (bicyclic) bond motifs is 1. The van der Waals surface area contributed by atoms with Crippen molar-refractivity contribution in [3.8, 4) is 0 Å². The van der Waals surface area contributed by atoms with Crippen molar-refractivity contribution < 1.29 is 14.7 Å². The van der Waals surface area contributed by atoms with E-state index in [1.54, 1.807) is 36.5 Å². The number of pyridine rings is 1. The van der Waals surface area contributed by atoms with E-state index in [2.05, 4.69) is 4.98 Å². The van der Waals surface area contributed by atoms with Gasteiger partial charge in [0.2, 0.25) is 0 Å². The Morgan fingerprint density at radius 2 is 1.80 bits per heavy atom. The fourth-order valence-corrected chi connectivity index (χ4v) is 3.91. The Labute approximate surface area is 202 Å². The van der Waals surface area contributed by atoms with Crippen LogP contribution in [0.1, 0.15) is 33.7 Å². The summed E-state index contributed by atoms with van der Waals surface area (Å²) in [7, 11) is 1.94. The highest BCUT2D eigenvalue weighted by Crippen LogP contribution is 2.21. The second-order valence-corrected chi connectivity index (χ2v) is 8.19. The number of carbonyl (C=O) groups excluding carboxylic acids is 1. The molecule has 0 aliphatic rings. The van der Waals surface area contributed by atoms with Crippen molar-refractivity contribution in [2.24, 2.45) is 12.8 Å². The van der Waals surface area contributed by atoms with Crippen LogP contribution in [0.15, 0.2) is 66.9 Å². The predicted octanol–water partition coefficient (Wildman–Crippen LogP) is 3.16. The lowest BCUT2D eigenvalue weighted by Gasteiger charge is -2.21. The van der Waals surface area contributed by atoms with Gasteiger partial charge in [0.15, 0.2) is 0 Å². The van der Waals surface area contributed by atoms with Crippen molar-refractivity contribution in [3.05, 3.63) is 89.4 Å². The summed E-state index contributed by atoms with van der Waals surface area (Å²) in [6.45, 7) is 0.0130. The third kappa shape index (κ3) is 5.35. The quantitative estimate of drug-likeness (QED) is 0.254. The summed E-state index contributed by atoms with van der Waals surface area (Å²) in [5, 5.41) is 16.6. The third-order valence-corrected chi connectivity index (χ3v) is 5.84. The van der Waals surface area contributed by atoms with E-state index < -0.39 is 5.97 Å². The summed E-state index contributed by atoms with van der Waals surface area (Å²) < 4.78 is 2.01. The zero-order chi connectivity index (χ0) is 24.9. The van der Waals surface area contributed by atoms with Crippen molar-refractivity contribution >= 4 is 34.6 Å². The van der Waals surface area contributed by atoms with Gasteiger partial charge >= 0.3 is 5.97 Å². The molecule has 2 aromatic carbocycles. The van der Waals surface area contributed by atoms with Gasteiger partial charge in [-0.25, -0.2) is 9.97 Å². The normalized spacial score (nSPS) is 10.9. The highest BCUT2D eigenvalue weighted by Gasteiger charge is 2.21. The zero-order valence-corrected chi connectivity index (χ0v) is 19.3. The molecule has 1 amide bonds. The van der Waals surface area contributed by atoms with Crippen LogP contribution in [-0.4, -0.2) is 43.9 Å². The van der Waals surface area contributed by atoms with Crippen molar-refractivity contribution in [2.45, 2.75) is 19.3 Å². The van der Waals surface area contributed by atoms with E-state index in [-0.39, 0.29) is 24.7 Å². The SMILES string of the molecule is Cn1c(CCc2ccc(C(=N)N)cc2)nc2cc(C(=O)N(CCC(=O)O)c3ccccn3)ccc21. The number of carbonyl (C=O) groups is 2. The molecule has 0 radical (unpaired) electrons. The molecule has 0 aliphatic heterocycles. The molecule has 0 fully saturated rings. The van der Waals surface area contributed by atoms with Crippen molar-refractivity contribution in [2.75, 3.05) is 11.4 Å². The molecule has 0 atom stereocenters. The summed E-state index contributed by atoms with van der Waals surface area (Å²) in [5.74, 6) is 0.00923. The first-order valence-corrected chi connectivity index (χ1v) is 11.2. The van der Waals surface area contributed by atoms with Crippen LogP contribution < -0.4 is 10.6 Å². The number of carboxylic acid groups (broad SMARTS) is 1. The molecule has 4 N–H and O–H groups in total. The minimum absolute atomic E-state index is 0.0130. The van der Waals surface area contributed by atoms with E-state index in [0.717, 1.165) is 23.3 Å².